The lowest BCUT2D eigenvalue weighted by Gasteiger charge is -2.11. The molecule has 1 aliphatic rings. The highest BCUT2D eigenvalue weighted by atomic mass is 32.2. The molecule has 6 heteroatoms. The van der Waals surface area contributed by atoms with Crippen molar-refractivity contribution in [3.63, 3.8) is 0 Å². The number of hydrogen-bond acceptors (Lipinski definition) is 4. The molecule has 1 atom stereocenters. The van der Waals surface area contributed by atoms with Crippen LogP contribution in [0.15, 0.2) is 30.3 Å². The number of carbonyl (C=O) groups is 1. The van der Waals surface area contributed by atoms with Gasteiger partial charge in [-0.3, -0.25) is 14.9 Å². The molecule has 23 heavy (non-hydrogen) atoms. The molecule has 118 valence electrons. The molecular formula is C17H16N2O3S. The fraction of sp³-hybridized carbons (Fsp3) is 0.235. The van der Waals surface area contributed by atoms with E-state index >= 15 is 0 Å². The summed E-state index contributed by atoms with van der Waals surface area (Å²) >= 11 is 1.50. The van der Waals surface area contributed by atoms with Crippen LogP contribution >= 0.6 is 11.8 Å². The zero-order valence-corrected chi connectivity index (χ0v) is 13.9. The number of nitrogens with zero attached hydrogens (tertiary/aromatic N) is 1. The highest BCUT2D eigenvalue weighted by molar-refractivity contribution is 7.99. The lowest BCUT2D eigenvalue weighted by Crippen LogP contribution is -2.08. The van der Waals surface area contributed by atoms with Crippen LogP contribution in [0.1, 0.15) is 21.9 Å². The Morgan fingerprint density at radius 2 is 1.83 bits per heavy atom. The summed E-state index contributed by atoms with van der Waals surface area (Å²) in [5.74, 6) is 0.00706. The van der Waals surface area contributed by atoms with Gasteiger partial charge in [0.2, 0.25) is 5.91 Å². The molecule has 1 N–H and O–H groups in total. The van der Waals surface area contributed by atoms with Gasteiger partial charge in [0.25, 0.3) is 5.69 Å². The van der Waals surface area contributed by atoms with Crippen molar-refractivity contribution in [1.29, 1.82) is 0 Å². The molecule has 0 spiro atoms. The summed E-state index contributed by atoms with van der Waals surface area (Å²) in [5, 5.41) is 13.7. The summed E-state index contributed by atoms with van der Waals surface area (Å²) in [5.41, 5.74) is 5.49. The van der Waals surface area contributed by atoms with Crippen molar-refractivity contribution in [3.8, 4) is 11.1 Å². The molecule has 0 fully saturated rings. The van der Waals surface area contributed by atoms with Crippen LogP contribution in [0.5, 0.6) is 0 Å². The van der Waals surface area contributed by atoms with Gasteiger partial charge in [-0.2, -0.15) is 0 Å². The maximum Gasteiger partial charge on any atom is 0.272 e. The van der Waals surface area contributed by atoms with Crippen molar-refractivity contribution in [1.82, 2.24) is 0 Å². The number of nitro benzene ring substituents is 1. The van der Waals surface area contributed by atoms with Crippen LogP contribution in [0.3, 0.4) is 0 Å². The van der Waals surface area contributed by atoms with Gasteiger partial charge in [0.1, 0.15) is 5.25 Å². The van der Waals surface area contributed by atoms with E-state index in [0.29, 0.717) is 5.56 Å². The number of aryl methyl sites for hydroxylation is 2. The van der Waals surface area contributed by atoms with Crippen LogP contribution in [0.25, 0.3) is 11.1 Å². The predicted molar refractivity (Wildman–Crippen MR) is 92.9 cm³/mol. The lowest BCUT2D eigenvalue weighted by atomic mass is 9.97. The SMILES string of the molecule is CSC1C(=O)Nc2c(C)cc(-c3ccc([N+](=O)[O-])c(C)c3)cc21. The molecule has 1 heterocycles. The highest BCUT2D eigenvalue weighted by Gasteiger charge is 2.31. The number of fused-ring (bicyclic) bond motifs is 1. The minimum Gasteiger partial charge on any atom is -0.324 e. The Balaban J connectivity index is 2.11. The van der Waals surface area contributed by atoms with E-state index in [2.05, 4.69) is 5.32 Å². The summed E-state index contributed by atoms with van der Waals surface area (Å²) in [6, 6.07) is 9.11. The molecule has 0 aliphatic carbocycles. The number of benzene rings is 2. The van der Waals surface area contributed by atoms with E-state index in [9.17, 15) is 14.9 Å². The van der Waals surface area contributed by atoms with Gasteiger partial charge in [-0.15, -0.1) is 11.8 Å². The van der Waals surface area contributed by atoms with Gasteiger partial charge in [-0.05, 0) is 66.6 Å². The van der Waals surface area contributed by atoms with Crippen molar-refractivity contribution in [2.24, 2.45) is 0 Å². The maximum absolute atomic E-state index is 12.0. The van der Waals surface area contributed by atoms with E-state index in [1.165, 1.54) is 17.8 Å². The molecule has 0 radical (unpaired) electrons. The minimum absolute atomic E-state index is 0.00706. The van der Waals surface area contributed by atoms with Crippen LogP contribution in [0.2, 0.25) is 0 Å². The molecule has 2 aromatic rings. The van der Waals surface area contributed by atoms with Crippen LogP contribution in [0.4, 0.5) is 11.4 Å². The Labute approximate surface area is 138 Å². The Kier molecular flexibility index (Phi) is 3.85. The van der Waals surface area contributed by atoms with Crippen LogP contribution in [-0.4, -0.2) is 17.1 Å². The van der Waals surface area contributed by atoms with Gasteiger partial charge in [0, 0.05) is 17.3 Å². The van der Waals surface area contributed by atoms with Crippen molar-refractivity contribution in [2.45, 2.75) is 19.1 Å². The van der Waals surface area contributed by atoms with Gasteiger partial charge < -0.3 is 5.32 Å². The Morgan fingerprint density at radius 1 is 1.13 bits per heavy atom. The number of nitro groups is 1. The van der Waals surface area contributed by atoms with Crippen molar-refractivity contribution in [3.05, 3.63) is 57.1 Å². The number of thioether (sulfide) groups is 1. The van der Waals surface area contributed by atoms with E-state index < -0.39 is 0 Å². The number of carbonyl (C=O) groups excluding carboxylic acids is 1. The summed E-state index contributed by atoms with van der Waals surface area (Å²) in [4.78, 5) is 22.6. The van der Waals surface area contributed by atoms with Gasteiger partial charge >= 0.3 is 0 Å². The first kappa shape index (κ1) is 15.6. The molecule has 5 nitrogen and oxygen atoms in total. The van der Waals surface area contributed by atoms with Gasteiger partial charge in [0.15, 0.2) is 0 Å². The number of amides is 1. The number of hydrogen-bond donors (Lipinski definition) is 1. The van der Waals surface area contributed by atoms with E-state index in [1.807, 2.05) is 31.4 Å². The topological polar surface area (TPSA) is 72.2 Å². The molecule has 0 bridgehead atoms. The Morgan fingerprint density at radius 3 is 2.43 bits per heavy atom. The zero-order chi connectivity index (χ0) is 16.7. The molecule has 1 unspecified atom stereocenters. The monoisotopic (exact) mass is 328 g/mol. The van der Waals surface area contributed by atoms with Crippen molar-refractivity contribution < 1.29 is 9.72 Å². The standard InChI is InChI=1S/C17H16N2O3S/c1-9-6-11(4-5-14(9)19(21)22)12-7-10(2)15-13(8-12)16(23-3)17(20)18-15/h4-8,16H,1-3H3,(H,18,20). The summed E-state index contributed by atoms with van der Waals surface area (Å²) in [6.07, 6.45) is 1.91. The maximum atomic E-state index is 12.0. The van der Waals surface area contributed by atoms with Crippen LogP contribution in [0, 0.1) is 24.0 Å². The van der Waals surface area contributed by atoms with Crippen molar-refractivity contribution in [2.75, 3.05) is 11.6 Å². The second-order valence-corrected chi connectivity index (χ2v) is 6.56. The molecule has 3 rings (SSSR count). The van der Waals surface area contributed by atoms with Gasteiger partial charge in [-0.25, -0.2) is 0 Å². The summed E-state index contributed by atoms with van der Waals surface area (Å²) in [6.45, 7) is 3.70. The third-order valence-electron chi connectivity index (χ3n) is 4.10. The normalized spacial score (nSPS) is 16.1. The largest absolute Gasteiger partial charge is 0.324 e. The van der Waals surface area contributed by atoms with Crippen LogP contribution < -0.4 is 5.32 Å². The summed E-state index contributed by atoms with van der Waals surface area (Å²) in [7, 11) is 0. The molecule has 2 aromatic carbocycles. The third kappa shape index (κ3) is 2.59. The zero-order valence-electron chi connectivity index (χ0n) is 13.0. The fourth-order valence-corrected chi connectivity index (χ4v) is 3.68. The fourth-order valence-electron chi connectivity index (χ4n) is 2.96. The lowest BCUT2D eigenvalue weighted by molar-refractivity contribution is -0.385. The Hall–Kier alpha value is -2.34. The number of nitrogens with one attached hydrogen (secondary N) is 1. The number of rotatable bonds is 3. The molecular weight excluding hydrogens is 312 g/mol. The first-order chi connectivity index (χ1) is 10.9. The number of anilines is 1. The smallest absolute Gasteiger partial charge is 0.272 e. The molecule has 1 aliphatic heterocycles. The van der Waals surface area contributed by atoms with E-state index in [4.69, 9.17) is 0 Å². The average molecular weight is 328 g/mol. The first-order valence-corrected chi connectivity index (χ1v) is 8.44. The quantitative estimate of drug-likeness (QED) is 0.676. The average Bonchev–Trinajstić information content (AvgIpc) is 2.82. The van der Waals surface area contributed by atoms with E-state index in [1.54, 1.807) is 13.0 Å². The third-order valence-corrected chi connectivity index (χ3v) is 5.04. The highest BCUT2D eigenvalue weighted by Crippen LogP contribution is 2.43. The summed E-state index contributed by atoms with van der Waals surface area (Å²) < 4.78 is 0. The first-order valence-electron chi connectivity index (χ1n) is 7.16. The molecule has 0 saturated carbocycles. The molecule has 1 amide bonds. The Bertz CT molecular complexity index is 833. The molecule has 0 aromatic heterocycles. The molecule has 0 saturated heterocycles. The second kappa shape index (κ2) is 5.70. The van der Waals surface area contributed by atoms with Crippen molar-refractivity contribution >= 4 is 29.0 Å². The van der Waals surface area contributed by atoms with E-state index in [-0.39, 0.29) is 21.8 Å². The minimum atomic E-state index is -0.376. The van der Waals surface area contributed by atoms with E-state index in [0.717, 1.165) is 27.9 Å². The van der Waals surface area contributed by atoms with Crippen LogP contribution in [-0.2, 0) is 4.79 Å². The van der Waals surface area contributed by atoms with Gasteiger partial charge in [-0.1, -0.05) is 0 Å². The van der Waals surface area contributed by atoms with Gasteiger partial charge in [0.05, 0.1) is 4.92 Å². The second-order valence-electron chi connectivity index (χ2n) is 5.62. The predicted octanol–water partition coefficient (Wildman–Crippen LogP) is 4.23.